The van der Waals surface area contributed by atoms with Crippen molar-refractivity contribution in [3.63, 3.8) is 0 Å². The third-order valence-electron chi connectivity index (χ3n) is 3.78. The van der Waals surface area contributed by atoms with Crippen LogP contribution in [0.1, 0.15) is 27.6 Å². The number of rotatable bonds is 7. The Morgan fingerprint density at radius 3 is 2.14 bits per heavy atom. The van der Waals surface area contributed by atoms with Gasteiger partial charge < -0.3 is 4.74 Å². The number of benzene rings is 2. The first-order chi connectivity index (χ1) is 13.7. The first-order valence-corrected chi connectivity index (χ1v) is 10.2. The molecule has 0 saturated heterocycles. The highest BCUT2D eigenvalue weighted by atomic mass is 35.5. The van der Waals surface area contributed by atoms with Crippen molar-refractivity contribution in [3.8, 4) is 5.75 Å². The molecule has 2 N–H and O–H groups in total. The van der Waals surface area contributed by atoms with Crippen LogP contribution in [0, 0.1) is 0 Å². The smallest absolute Gasteiger partial charge is 0.269 e. The van der Waals surface area contributed by atoms with Crippen molar-refractivity contribution >= 4 is 33.4 Å². The number of carbonyl (C=O) groups excluding carboxylic acids is 2. The van der Waals surface area contributed by atoms with Crippen LogP contribution in [0.4, 0.5) is 0 Å². The molecular weight excluding hydrogens is 422 g/mol. The molecule has 0 spiro atoms. The van der Waals surface area contributed by atoms with E-state index in [1.165, 1.54) is 26.3 Å². The van der Waals surface area contributed by atoms with Gasteiger partial charge in [0.2, 0.25) is 0 Å². The Hall–Kier alpha value is -2.66. The molecule has 2 amide bonds. The zero-order valence-corrected chi connectivity index (χ0v) is 17.5. The lowest BCUT2D eigenvalue weighted by molar-refractivity contribution is -0.0258. The fourth-order valence-electron chi connectivity index (χ4n) is 2.21. The van der Waals surface area contributed by atoms with Crippen molar-refractivity contribution in [2.45, 2.75) is 11.8 Å². The second kappa shape index (κ2) is 9.70. The highest BCUT2D eigenvalue weighted by molar-refractivity contribution is 7.89. The van der Waals surface area contributed by atoms with Crippen molar-refractivity contribution in [3.05, 3.63) is 58.6 Å². The summed E-state index contributed by atoms with van der Waals surface area (Å²) in [5, 5.41) is -0.0797. The Labute approximate surface area is 173 Å². The van der Waals surface area contributed by atoms with E-state index in [0.717, 1.165) is 6.07 Å². The van der Waals surface area contributed by atoms with Gasteiger partial charge in [0.25, 0.3) is 21.8 Å². The molecule has 0 heterocycles. The topological polar surface area (TPSA) is 114 Å². The number of hydroxylamine groups is 1. The number of hydrogen-bond donors (Lipinski definition) is 2. The SMILES string of the molecule is CCOc1ccc(C(=O)NNC(=O)c2ccc(Cl)c(S(=O)(=O)N(C)OC)c2)cc1. The molecule has 0 unspecified atom stereocenters. The standard InChI is InChI=1S/C18H20ClN3O6S/c1-4-28-14-8-5-12(6-9-14)17(23)20-21-18(24)13-7-10-15(19)16(11-13)29(25,26)22(2)27-3/h5-11H,4H2,1-3H3,(H,20,23)(H,21,24). The molecule has 2 aromatic rings. The minimum absolute atomic E-state index is 0.0236. The first-order valence-electron chi connectivity index (χ1n) is 8.36. The van der Waals surface area contributed by atoms with E-state index in [0.29, 0.717) is 22.4 Å². The van der Waals surface area contributed by atoms with Crippen LogP contribution in [-0.4, -0.2) is 45.5 Å². The van der Waals surface area contributed by atoms with Gasteiger partial charge in [0, 0.05) is 18.2 Å². The zero-order chi connectivity index (χ0) is 21.6. The molecule has 156 valence electrons. The van der Waals surface area contributed by atoms with Gasteiger partial charge in [0.15, 0.2) is 0 Å². The van der Waals surface area contributed by atoms with E-state index in [-0.39, 0.29) is 15.5 Å². The van der Waals surface area contributed by atoms with Gasteiger partial charge in [0.05, 0.1) is 18.7 Å². The molecule has 0 aliphatic heterocycles. The molecule has 0 aliphatic carbocycles. The van der Waals surface area contributed by atoms with Crippen LogP contribution in [-0.2, 0) is 14.9 Å². The predicted molar refractivity (Wildman–Crippen MR) is 106 cm³/mol. The summed E-state index contributed by atoms with van der Waals surface area (Å²) >= 11 is 5.96. The average Bonchev–Trinajstić information content (AvgIpc) is 2.72. The quantitative estimate of drug-likeness (QED) is 0.635. The van der Waals surface area contributed by atoms with E-state index in [1.807, 2.05) is 6.92 Å². The number of sulfonamides is 1. The lowest BCUT2D eigenvalue weighted by Gasteiger charge is -2.16. The lowest BCUT2D eigenvalue weighted by atomic mass is 10.2. The first kappa shape index (κ1) is 22.6. The van der Waals surface area contributed by atoms with E-state index in [9.17, 15) is 18.0 Å². The Morgan fingerprint density at radius 2 is 1.59 bits per heavy atom. The van der Waals surface area contributed by atoms with Crippen LogP contribution in [0.3, 0.4) is 0 Å². The number of carbonyl (C=O) groups is 2. The van der Waals surface area contributed by atoms with E-state index >= 15 is 0 Å². The number of amides is 2. The van der Waals surface area contributed by atoms with Gasteiger partial charge in [0.1, 0.15) is 10.6 Å². The highest BCUT2D eigenvalue weighted by Crippen LogP contribution is 2.25. The molecule has 0 saturated carbocycles. The highest BCUT2D eigenvalue weighted by Gasteiger charge is 2.25. The summed E-state index contributed by atoms with van der Waals surface area (Å²) in [4.78, 5) is 28.9. The maximum atomic E-state index is 12.4. The van der Waals surface area contributed by atoms with E-state index in [4.69, 9.17) is 21.2 Å². The molecular formula is C18H20ClN3O6S. The second-order valence-corrected chi connectivity index (χ2v) is 7.92. The molecule has 0 bridgehead atoms. The fraction of sp³-hybridized carbons (Fsp3) is 0.222. The largest absolute Gasteiger partial charge is 0.494 e. The summed E-state index contributed by atoms with van der Waals surface area (Å²) in [5.74, 6) is -0.663. The van der Waals surface area contributed by atoms with Crippen molar-refractivity contribution in [2.75, 3.05) is 20.8 Å². The summed E-state index contributed by atoms with van der Waals surface area (Å²) in [7, 11) is -1.69. The summed E-state index contributed by atoms with van der Waals surface area (Å²) in [6, 6.07) is 10.0. The average molecular weight is 442 g/mol. The summed E-state index contributed by atoms with van der Waals surface area (Å²) in [5.41, 5.74) is 4.76. The molecule has 2 aromatic carbocycles. The minimum atomic E-state index is -4.06. The summed E-state index contributed by atoms with van der Waals surface area (Å²) in [6.45, 7) is 2.34. The molecule has 0 atom stereocenters. The lowest BCUT2D eigenvalue weighted by Crippen LogP contribution is -2.41. The Bertz CT molecular complexity index is 995. The molecule has 29 heavy (non-hydrogen) atoms. The van der Waals surface area contributed by atoms with Gasteiger partial charge in [-0.1, -0.05) is 16.1 Å². The van der Waals surface area contributed by atoms with Crippen LogP contribution < -0.4 is 15.6 Å². The third-order valence-corrected chi connectivity index (χ3v) is 5.95. The zero-order valence-electron chi connectivity index (χ0n) is 15.9. The van der Waals surface area contributed by atoms with Crippen LogP contribution in [0.25, 0.3) is 0 Å². The number of hydrogen-bond acceptors (Lipinski definition) is 6. The minimum Gasteiger partial charge on any atom is -0.494 e. The van der Waals surface area contributed by atoms with Crippen LogP contribution >= 0.6 is 11.6 Å². The monoisotopic (exact) mass is 441 g/mol. The summed E-state index contributed by atoms with van der Waals surface area (Å²) < 4.78 is 30.7. The van der Waals surface area contributed by atoms with Gasteiger partial charge in [-0.3, -0.25) is 25.3 Å². The van der Waals surface area contributed by atoms with Crippen molar-refractivity contribution in [1.82, 2.24) is 15.3 Å². The molecule has 0 fully saturated rings. The molecule has 0 aliphatic rings. The Kier molecular flexibility index (Phi) is 7.57. The summed E-state index contributed by atoms with van der Waals surface area (Å²) in [6.07, 6.45) is 0. The number of halogens is 1. The maximum absolute atomic E-state index is 12.4. The van der Waals surface area contributed by atoms with Gasteiger partial charge in [-0.2, -0.15) is 0 Å². The normalized spacial score (nSPS) is 11.2. The Morgan fingerprint density at radius 1 is 1.03 bits per heavy atom. The second-order valence-electron chi connectivity index (χ2n) is 5.61. The predicted octanol–water partition coefficient (Wildman–Crippen LogP) is 2.00. The number of nitrogens with one attached hydrogen (secondary N) is 2. The van der Waals surface area contributed by atoms with Gasteiger partial charge in [-0.25, -0.2) is 8.42 Å². The molecule has 11 heteroatoms. The van der Waals surface area contributed by atoms with Gasteiger partial charge in [-0.05, 0) is 49.4 Å². The third kappa shape index (κ3) is 5.45. The van der Waals surface area contributed by atoms with Crippen molar-refractivity contribution in [2.24, 2.45) is 0 Å². The van der Waals surface area contributed by atoms with Crippen molar-refractivity contribution in [1.29, 1.82) is 0 Å². The van der Waals surface area contributed by atoms with E-state index in [2.05, 4.69) is 10.9 Å². The maximum Gasteiger partial charge on any atom is 0.269 e. The fourth-order valence-corrected chi connectivity index (χ4v) is 3.68. The molecule has 0 radical (unpaired) electrons. The van der Waals surface area contributed by atoms with Crippen molar-refractivity contribution < 1.29 is 27.6 Å². The molecule has 0 aromatic heterocycles. The number of nitrogens with zero attached hydrogens (tertiary/aromatic N) is 1. The van der Waals surface area contributed by atoms with Crippen LogP contribution in [0.2, 0.25) is 5.02 Å². The molecule has 9 nitrogen and oxygen atoms in total. The van der Waals surface area contributed by atoms with Crippen LogP contribution in [0.5, 0.6) is 5.75 Å². The number of ether oxygens (including phenoxy) is 1. The Balaban J connectivity index is 2.11. The number of hydrazine groups is 1. The van der Waals surface area contributed by atoms with E-state index in [1.54, 1.807) is 24.3 Å². The van der Waals surface area contributed by atoms with E-state index < -0.39 is 21.8 Å². The van der Waals surface area contributed by atoms with Gasteiger partial charge >= 0.3 is 0 Å². The molecule has 2 rings (SSSR count). The van der Waals surface area contributed by atoms with Crippen LogP contribution in [0.15, 0.2) is 47.4 Å². The van der Waals surface area contributed by atoms with Gasteiger partial charge in [-0.15, -0.1) is 0 Å².